The van der Waals surface area contributed by atoms with Gasteiger partial charge < -0.3 is 19.8 Å². The first-order chi connectivity index (χ1) is 40.0. The van der Waals surface area contributed by atoms with Crippen LogP contribution in [0.15, 0.2) is 36.5 Å². The van der Waals surface area contributed by atoms with E-state index < -0.39 is 20.0 Å². The van der Waals surface area contributed by atoms with Crippen LogP contribution in [0.1, 0.15) is 373 Å². The van der Waals surface area contributed by atoms with Crippen molar-refractivity contribution < 1.29 is 32.9 Å². The highest BCUT2D eigenvalue weighted by Gasteiger charge is 2.28. The monoisotopic (exact) mass is 1180 g/mol. The van der Waals surface area contributed by atoms with Crippen molar-refractivity contribution in [3.05, 3.63) is 36.5 Å². The van der Waals surface area contributed by atoms with Crippen LogP contribution in [0.3, 0.4) is 0 Å². The molecule has 3 atom stereocenters. The molecule has 0 fully saturated rings. The predicted molar refractivity (Wildman–Crippen MR) is 360 cm³/mol. The molecule has 0 saturated heterocycles. The van der Waals surface area contributed by atoms with Gasteiger partial charge in [-0.25, -0.2) is 4.57 Å². The van der Waals surface area contributed by atoms with Gasteiger partial charge in [-0.3, -0.25) is 13.8 Å². The van der Waals surface area contributed by atoms with Gasteiger partial charge in [-0.2, -0.15) is 0 Å². The number of likely N-dealkylation sites (N-methyl/N-ethyl adjacent to an activating group) is 1. The maximum Gasteiger partial charge on any atom is 0.472 e. The lowest BCUT2D eigenvalue weighted by molar-refractivity contribution is -0.870. The fraction of sp³-hybridized carbons (Fsp3) is 0.904. The van der Waals surface area contributed by atoms with Crippen LogP contribution in [0.25, 0.3) is 0 Å². The second-order valence-electron chi connectivity index (χ2n) is 26.3. The number of carbonyl (C=O) groups excluding carboxylic acids is 1. The molecular weight excluding hydrogens is 1030 g/mol. The van der Waals surface area contributed by atoms with Gasteiger partial charge >= 0.3 is 7.82 Å². The maximum atomic E-state index is 13.1. The summed E-state index contributed by atoms with van der Waals surface area (Å²) in [5.41, 5.74) is 0. The molecule has 0 aromatic carbocycles. The minimum absolute atomic E-state index is 0.0555. The molecule has 9 heteroatoms. The number of aliphatic hydroxyl groups is 1. The van der Waals surface area contributed by atoms with Crippen molar-refractivity contribution in [3.8, 4) is 0 Å². The number of phosphoric acid groups is 1. The highest BCUT2D eigenvalue weighted by molar-refractivity contribution is 7.47. The Morgan fingerprint density at radius 3 is 0.976 bits per heavy atom. The predicted octanol–water partition coefficient (Wildman–Crippen LogP) is 23.2. The highest BCUT2D eigenvalue weighted by atomic mass is 31.2. The van der Waals surface area contributed by atoms with Crippen LogP contribution in [0, 0.1) is 0 Å². The van der Waals surface area contributed by atoms with E-state index in [1.807, 2.05) is 27.2 Å². The summed E-state index contributed by atoms with van der Waals surface area (Å²) in [4.78, 5) is 23.4. The Labute approximate surface area is 512 Å². The Morgan fingerprint density at radius 2 is 0.671 bits per heavy atom. The van der Waals surface area contributed by atoms with Crippen LogP contribution in [0.4, 0.5) is 0 Å². The van der Waals surface area contributed by atoms with E-state index in [1.54, 1.807) is 6.08 Å². The number of unbranched alkanes of at least 4 members (excludes halogenated alkanes) is 51. The summed E-state index contributed by atoms with van der Waals surface area (Å²) in [6.07, 6.45) is 86.0. The number of nitrogens with one attached hydrogen (secondary N) is 1. The molecule has 0 aromatic rings. The van der Waals surface area contributed by atoms with E-state index in [0.717, 1.165) is 44.9 Å². The zero-order valence-electron chi connectivity index (χ0n) is 55.8. The molecule has 3 unspecified atom stereocenters. The first-order valence-electron chi connectivity index (χ1n) is 36.4. The quantitative estimate of drug-likeness (QED) is 0.0243. The van der Waals surface area contributed by atoms with E-state index in [-0.39, 0.29) is 19.1 Å². The van der Waals surface area contributed by atoms with Gasteiger partial charge in [-0.1, -0.05) is 359 Å². The van der Waals surface area contributed by atoms with Gasteiger partial charge in [0.05, 0.1) is 39.9 Å². The van der Waals surface area contributed by atoms with Crippen molar-refractivity contribution >= 4 is 13.7 Å². The van der Waals surface area contributed by atoms with Gasteiger partial charge in [0, 0.05) is 6.42 Å². The molecule has 0 radical (unpaired) electrons. The second-order valence-corrected chi connectivity index (χ2v) is 27.8. The topological polar surface area (TPSA) is 105 Å². The summed E-state index contributed by atoms with van der Waals surface area (Å²) >= 11 is 0. The van der Waals surface area contributed by atoms with E-state index in [0.29, 0.717) is 17.4 Å². The second kappa shape index (κ2) is 64.2. The average molecular weight is 1180 g/mol. The molecule has 0 aliphatic heterocycles. The molecule has 8 nitrogen and oxygen atoms in total. The Kier molecular flexibility index (Phi) is 63.2. The zero-order valence-corrected chi connectivity index (χ0v) is 56.7. The highest BCUT2D eigenvalue weighted by Crippen LogP contribution is 2.43. The lowest BCUT2D eigenvalue weighted by atomic mass is 10.0. The number of quaternary nitrogens is 1. The van der Waals surface area contributed by atoms with E-state index in [1.165, 1.54) is 308 Å². The molecule has 0 rings (SSSR count). The molecule has 0 saturated carbocycles. The third-order valence-electron chi connectivity index (χ3n) is 16.8. The number of carbonyl (C=O) groups is 1. The fourth-order valence-electron chi connectivity index (χ4n) is 11.2. The summed E-state index contributed by atoms with van der Waals surface area (Å²) in [5.74, 6) is -0.183. The van der Waals surface area contributed by atoms with Crippen molar-refractivity contribution in [2.75, 3.05) is 40.9 Å². The van der Waals surface area contributed by atoms with Crippen LogP contribution in [0.2, 0.25) is 0 Å². The lowest BCUT2D eigenvalue weighted by Gasteiger charge is -2.25. The average Bonchev–Trinajstić information content (AvgIpc) is 3.47. The fourth-order valence-corrected chi connectivity index (χ4v) is 11.9. The van der Waals surface area contributed by atoms with Crippen molar-refractivity contribution in [2.45, 2.75) is 386 Å². The maximum absolute atomic E-state index is 13.1. The lowest BCUT2D eigenvalue weighted by Crippen LogP contribution is -2.45. The summed E-state index contributed by atoms with van der Waals surface area (Å²) in [6, 6.07) is -0.870. The molecular formula is C73H144N2O6P+. The van der Waals surface area contributed by atoms with Crippen LogP contribution >= 0.6 is 7.82 Å². The number of nitrogens with zero attached hydrogens (tertiary/aromatic N) is 1. The van der Waals surface area contributed by atoms with E-state index in [4.69, 9.17) is 9.05 Å². The number of allylic oxidation sites excluding steroid dienone is 5. The molecule has 3 N–H and O–H groups in total. The van der Waals surface area contributed by atoms with Crippen LogP contribution in [0.5, 0.6) is 0 Å². The van der Waals surface area contributed by atoms with Crippen LogP contribution < -0.4 is 5.32 Å². The minimum atomic E-state index is -4.37. The first kappa shape index (κ1) is 80.7. The number of phosphoric ester groups is 1. The van der Waals surface area contributed by atoms with Gasteiger partial charge in [-0.05, 0) is 44.9 Å². The van der Waals surface area contributed by atoms with Crippen LogP contribution in [-0.2, 0) is 18.4 Å². The number of amides is 1. The number of rotatable bonds is 68. The van der Waals surface area contributed by atoms with E-state index in [9.17, 15) is 19.4 Å². The van der Waals surface area contributed by atoms with Crippen molar-refractivity contribution in [2.24, 2.45) is 0 Å². The molecule has 0 aromatic heterocycles. The SMILES string of the molecule is CCCCCCCCCCCCCCCCCCCCCCC/C=C/CC/C=C/CC/C=C/C(O)C(COP(=O)(O)OCC[N+](C)(C)C)NC(=O)CCCCCCCCCCCCCCCCCCCCCCCCCCCCCCC. The van der Waals surface area contributed by atoms with Gasteiger partial charge in [0.1, 0.15) is 13.2 Å². The standard InChI is InChI=1S/C73H143N2O6P/c1-6-8-10-12-14-16-18-20-22-24-26-28-30-32-34-36-37-39-40-42-44-46-48-50-52-54-56-58-60-62-64-66-72(76)71(70-81-82(78,79)80-69-68-75(3,4)5)74-73(77)67-65-63-61-59-57-55-53-51-49-47-45-43-41-38-35-33-31-29-27-25-23-21-19-17-15-13-11-9-7-2/h48,50,56,58,64,66,71-72,76H,6-47,49,51-55,57,59-63,65,67-70H2,1-5H3,(H-,74,77,78,79)/p+1/b50-48+,58-56+,66-64+. The molecule has 0 spiro atoms. The molecule has 0 aliphatic carbocycles. The first-order valence-corrected chi connectivity index (χ1v) is 37.9. The van der Waals surface area contributed by atoms with Gasteiger partial charge in [0.25, 0.3) is 0 Å². The summed E-state index contributed by atoms with van der Waals surface area (Å²) < 4.78 is 23.8. The van der Waals surface area contributed by atoms with Crippen LogP contribution in [-0.4, -0.2) is 73.4 Å². The largest absolute Gasteiger partial charge is 0.472 e. The summed E-state index contributed by atoms with van der Waals surface area (Å²) in [7, 11) is 1.56. The Morgan fingerprint density at radius 1 is 0.402 bits per heavy atom. The third-order valence-corrected chi connectivity index (χ3v) is 17.8. The zero-order chi connectivity index (χ0) is 59.8. The molecule has 82 heavy (non-hydrogen) atoms. The van der Waals surface area contributed by atoms with Crippen molar-refractivity contribution in [3.63, 3.8) is 0 Å². The van der Waals surface area contributed by atoms with Gasteiger partial charge in [0.2, 0.25) is 5.91 Å². The third kappa shape index (κ3) is 66.2. The Balaban J connectivity index is 4.08. The number of hydrogen-bond donors (Lipinski definition) is 3. The van der Waals surface area contributed by atoms with Gasteiger partial charge in [-0.15, -0.1) is 0 Å². The molecule has 1 amide bonds. The molecule has 0 aliphatic rings. The van der Waals surface area contributed by atoms with Gasteiger partial charge in [0.15, 0.2) is 0 Å². The normalized spacial score (nSPS) is 13.8. The van der Waals surface area contributed by atoms with Crippen molar-refractivity contribution in [1.82, 2.24) is 5.32 Å². The smallest absolute Gasteiger partial charge is 0.387 e. The molecule has 0 heterocycles. The van der Waals surface area contributed by atoms with Crippen molar-refractivity contribution in [1.29, 1.82) is 0 Å². The van der Waals surface area contributed by atoms with E-state index in [2.05, 4.69) is 43.5 Å². The minimum Gasteiger partial charge on any atom is -0.387 e. The number of aliphatic hydroxyl groups excluding tert-OH is 1. The summed E-state index contributed by atoms with van der Waals surface area (Å²) in [5, 5.41) is 14.0. The Bertz CT molecular complexity index is 1430. The summed E-state index contributed by atoms with van der Waals surface area (Å²) in [6.45, 7) is 4.85. The number of hydrogen-bond acceptors (Lipinski definition) is 5. The molecule has 486 valence electrons. The molecule has 0 bridgehead atoms. The Hall–Kier alpha value is -1.28. The van der Waals surface area contributed by atoms with E-state index >= 15 is 0 Å².